The van der Waals surface area contributed by atoms with Crippen LogP contribution in [0.15, 0.2) is 30.5 Å². The van der Waals surface area contributed by atoms with Gasteiger partial charge in [-0.05, 0) is 49.9 Å². The van der Waals surface area contributed by atoms with Crippen LogP contribution in [-0.2, 0) is 0 Å². The Labute approximate surface area is 135 Å². The molecule has 0 amide bonds. The number of aromatic nitrogens is 1. The predicted octanol–water partition coefficient (Wildman–Crippen LogP) is 4.02. The molecule has 1 aliphatic heterocycles. The van der Waals surface area contributed by atoms with Crippen molar-refractivity contribution in [1.82, 2.24) is 4.98 Å². The molecular formula is C18H21ClN2O. The van der Waals surface area contributed by atoms with E-state index in [1.807, 2.05) is 18.3 Å². The van der Waals surface area contributed by atoms with Crippen molar-refractivity contribution in [3.05, 3.63) is 35.5 Å². The van der Waals surface area contributed by atoms with Crippen LogP contribution in [0.3, 0.4) is 0 Å². The molecule has 1 N–H and O–H groups in total. The zero-order valence-electron chi connectivity index (χ0n) is 12.6. The van der Waals surface area contributed by atoms with Gasteiger partial charge in [-0.2, -0.15) is 0 Å². The third kappa shape index (κ3) is 2.27. The normalized spacial score (nSPS) is 28.6. The van der Waals surface area contributed by atoms with E-state index >= 15 is 0 Å². The van der Waals surface area contributed by atoms with Crippen LogP contribution in [0.5, 0.6) is 0 Å². The third-order valence-corrected chi connectivity index (χ3v) is 5.73. The molecule has 0 radical (unpaired) electrons. The average Bonchev–Trinajstić information content (AvgIpc) is 2.87. The summed E-state index contributed by atoms with van der Waals surface area (Å²) in [6.07, 6.45) is 7.29. The minimum atomic E-state index is -0.141. The molecule has 22 heavy (non-hydrogen) atoms. The highest BCUT2D eigenvalue weighted by atomic mass is 35.5. The molecule has 1 aromatic carbocycles. The van der Waals surface area contributed by atoms with Gasteiger partial charge in [-0.1, -0.05) is 18.0 Å². The molecule has 0 unspecified atom stereocenters. The molecule has 3 nitrogen and oxygen atoms in total. The van der Waals surface area contributed by atoms with Gasteiger partial charge in [0.25, 0.3) is 0 Å². The van der Waals surface area contributed by atoms with Crippen LogP contribution in [-0.4, -0.2) is 29.3 Å². The highest BCUT2D eigenvalue weighted by Gasteiger charge is 2.44. The molecule has 2 atom stereocenters. The quantitative estimate of drug-likeness (QED) is 0.863. The number of aliphatic hydroxyl groups is 1. The Kier molecular flexibility index (Phi) is 3.50. The van der Waals surface area contributed by atoms with E-state index in [4.69, 9.17) is 11.6 Å². The first kappa shape index (κ1) is 14.3. The minimum Gasteiger partial charge on any atom is -0.392 e. The van der Waals surface area contributed by atoms with Crippen LogP contribution in [0.4, 0.5) is 5.69 Å². The number of rotatable bonds is 1. The first-order valence-corrected chi connectivity index (χ1v) is 8.53. The molecule has 1 saturated carbocycles. The Morgan fingerprint density at radius 2 is 2.09 bits per heavy atom. The summed E-state index contributed by atoms with van der Waals surface area (Å²) in [5, 5.41) is 12.3. The van der Waals surface area contributed by atoms with E-state index < -0.39 is 0 Å². The van der Waals surface area contributed by atoms with Crippen molar-refractivity contribution < 1.29 is 5.11 Å². The van der Waals surface area contributed by atoms with Crippen LogP contribution < -0.4 is 4.90 Å². The van der Waals surface area contributed by atoms with Gasteiger partial charge in [-0.25, -0.2) is 0 Å². The molecule has 1 saturated heterocycles. The molecule has 1 aliphatic carbocycles. The Bertz CT molecular complexity index is 705. The van der Waals surface area contributed by atoms with Gasteiger partial charge in [0.1, 0.15) is 0 Å². The van der Waals surface area contributed by atoms with Gasteiger partial charge < -0.3 is 10.0 Å². The van der Waals surface area contributed by atoms with Crippen molar-refractivity contribution in [3.8, 4) is 0 Å². The molecule has 2 fully saturated rings. The topological polar surface area (TPSA) is 36.4 Å². The van der Waals surface area contributed by atoms with Gasteiger partial charge in [0.15, 0.2) is 0 Å². The number of nitrogens with zero attached hydrogens (tertiary/aromatic N) is 2. The molecule has 2 heterocycles. The molecule has 1 spiro atoms. The van der Waals surface area contributed by atoms with Crippen LogP contribution in [0.1, 0.15) is 32.1 Å². The fraction of sp³-hybridized carbons (Fsp3) is 0.500. The van der Waals surface area contributed by atoms with Crippen LogP contribution in [0, 0.1) is 5.41 Å². The zero-order chi connectivity index (χ0) is 15.2. The van der Waals surface area contributed by atoms with Gasteiger partial charge >= 0.3 is 0 Å². The van der Waals surface area contributed by atoms with Gasteiger partial charge in [0, 0.05) is 40.8 Å². The highest BCUT2D eigenvalue weighted by Crippen LogP contribution is 2.46. The lowest BCUT2D eigenvalue weighted by molar-refractivity contribution is 0.0410. The van der Waals surface area contributed by atoms with Crippen molar-refractivity contribution in [1.29, 1.82) is 0 Å². The summed E-state index contributed by atoms with van der Waals surface area (Å²) >= 11 is 6.09. The first-order chi connectivity index (χ1) is 10.7. The van der Waals surface area contributed by atoms with Crippen molar-refractivity contribution >= 4 is 28.2 Å². The largest absolute Gasteiger partial charge is 0.392 e. The van der Waals surface area contributed by atoms with E-state index in [-0.39, 0.29) is 11.5 Å². The number of aliphatic hydroxyl groups excluding tert-OH is 1. The Morgan fingerprint density at radius 3 is 2.91 bits per heavy atom. The second-order valence-electron chi connectivity index (χ2n) is 6.79. The molecular weight excluding hydrogens is 296 g/mol. The number of fused-ring (bicyclic) bond motifs is 1. The number of benzene rings is 1. The Morgan fingerprint density at radius 1 is 1.23 bits per heavy atom. The predicted molar refractivity (Wildman–Crippen MR) is 90.5 cm³/mol. The first-order valence-electron chi connectivity index (χ1n) is 8.15. The van der Waals surface area contributed by atoms with E-state index in [1.54, 1.807) is 0 Å². The average molecular weight is 317 g/mol. The molecule has 2 aromatic rings. The summed E-state index contributed by atoms with van der Waals surface area (Å²) in [4.78, 5) is 6.88. The van der Waals surface area contributed by atoms with E-state index in [1.165, 1.54) is 5.69 Å². The number of anilines is 1. The number of hydrogen-bond acceptors (Lipinski definition) is 3. The van der Waals surface area contributed by atoms with Gasteiger partial charge in [-0.3, -0.25) is 4.98 Å². The second kappa shape index (κ2) is 5.39. The number of pyridine rings is 1. The molecule has 4 heteroatoms. The van der Waals surface area contributed by atoms with Crippen LogP contribution in [0.25, 0.3) is 10.9 Å². The highest BCUT2D eigenvalue weighted by molar-refractivity contribution is 6.31. The number of hydrogen-bond donors (Lipinski definition) is 1. The fourth-order valence-electron chi connectivity index (χ4n) is 4.34. The molecule has 1 aromatic heterocycles. The van der Waals surface area contributed by atoms with Crippen molar-refractivity contribution in [2.75, 3.05) is 18.0 Å². The van der Waals surface area contributed by atoms with E-state index in [0.717, 1.165) is 61.1 Å². The molecule has 4 rings (SSSR count). The van der Waals surface area contributed by atoms with Crippen molar-refractivity contribution in [2.24, 2.45) is 5.41 Å². The SMILES string of the molecule is O[C@@H]1CCC[C@]12CCCN(c1ccnc3cc(Cl)ccc13)C2. The summed E-state index contributed by atoms with van der Waals surface area (Å²) < 4.78 is 0. The third-order valence-electron chi connectivity index (χ3n) is 5.49. The lowest BCUT2D eigenvalue weighted by Crippen LogP contribution is -2.47. The van der Waals surface area contributed by atoms with E-state index in [0.29, 0.717) is 0 Å². The lowest BCUT2D eigenvalue weighted by atomic mass is 9.76. The van der Waals surface area contributed by atoms with Gasteiger partial charge in [0.05, 0.1) is 11.6 Å². The zero-order valence-corrected chi connectivity index (χ0v) is 13.4. The minimum absolute atomic E-state index is 0.0975. The van der Waals surface area contributed by atoms with Crippen molar-refractivity contribution in [2.45, 2.75) is 38.2 Å². The smallest absolute Gasteiger partial charge is 0.0737 e. The second-order valence-corrected chi connectivity index (χ2v) is 7.22. The van der Waals surface area contributed by atoms with E-state index in [2.05, 4.69) is 22.0 Å². The molecule has 0 bridgehead atoms. The maximum atomic E-state index is 10.5. The molecule has 116 valence electrons. The summed E-state index contributed by atoms with van der Waals surface area (Å²) in [5.41, 5.74) is 2.26. The number of piperidine rings is 1. The van der Waals surface area contributed by atoms with Gasteiger partial charge in [-0.15, -0.1) is 0 Å². The summed E-state index contributed by atoms with van der Waals surface area (Å²) in [6.45, 7) is 2.01. The van der Waals surface area contributed by atoms with Gasteiger partial charge in [0.2, 0.25) is 0 Å². The maximum absolute atomic E-state index is 10.5. The fourth-order valence-corrected chi connectivity index (χ4v) is 4.51. The Balaban J connectivity index is 1.72. The number of halogens is 1. The maximum Gasteiger partial charge on any atom is 0.0737 e. The standard InChI is InChI=1S/C18H21ClN2O/c19-13-4-5-14-15(11-13)20-9-6-16(14)21-10-2-8-18(12-21)7-1-3-17(18)22/h4-6,9,11,17,22H,1-3,7-8,10,12H2/t17-,18-/m1/s1. The summed E-state index contributed by atoms with van der Waals surface area (Å²) in [7, 11) is 0. The van der Waals surface area contributed by atoms with Crippen molar-refractivity contribution in [3.63, 3.8) is 0 Å². The van der Waals surface area contributed by atoms with Crippen LogP contribution in [0.2, 0.25) is 5.02 Å². The molecule has 2 aliphatic rings. The Hall–Kier alpha value is -1.32. The lowest BCUT2D eigenvalue weighted by Gasteiger charge is -2.44. The van der Waals surface area contributed by atoms with E-state index in [9.17, 15) is 5.11 Å². The summed E-state index contributed by atoms with van der Waals surface area (Å²) in [5.74, 6) is 0. The monoisotopic (exact) mass is 316 g/mol. The van der Waals surface area contributed by atoms with Crippen LogP contribution >= 0.6 is 11.6 Å². The summed E-state index contributed by atoms with van der Waals surface area (Å²) in [6, 6.07) is 8.01.